The van der Waals surface area contributed by atoms with E-state index < -0.39 is 12.1 Å². The topological polar surface area (TPSA) is 77.2 Å². The number of carbonyl (C=O) groups excluding carboxylic acids is 1. The Morgan fingerprint density at radius 2 is 1.75 bits per heavy atom. The SMILES string of the molecule is Cc1nnc(C(NC(=O)OCc2ccccc2)c2ccccc2)o1. The number of rotatable bonds is 5. The molecule has 2 aromatic carbocycles. The molecule has 0 bridgehead atoms. The van der Waals surface area contributed by atoms with E-state index in [2.05, 4.69) is 15.5 Å². The monoisotopic (exact) mass is 323 g/mol. The van der Waals surface area contributed by atoms with Crippen LogP contribution >= 0.6 is 0 Å². The van der Waals surface area contributed by atoms with Crippen LogP contribution in [0.5, 0.6) is 0 Å². The lowest BCUT2D eigenvalue weighted by molar-refractivity contribution is 0.135. The highest BCUT2D eigenvalue weighted by molar-refractivity contribution is 5.68. The quantitative estimate of drug-likeness (QED) is 0.778. The highest BCUT2D eigenvalue weighted by Crippen LogP contribution is 2.21. The fourth-order valence-corrected chi connectivity index (χ4v) is 2.24. The largest absolute Gasteiger partial charge is 0.445 e. The first-order valence-electron chi connectivity index (χ1n) is 7.54. The summed E-state index contributed by atoms with van der Waals surface area (Å²) in [7, 11) is 0. The number of nitrogens with zero attached hydrogens (tertiary/aromatic N) is 2. The first-order valence-corrected chi connectivity index (χ1v) is 7.54. The fourth-order valence-electron chi connectivity index (χ4n) is 2.24. The van der Waals surface area contributed by atoms with Crippen molar-refractivity contribution < 1.29 is 13.9 Å². The van der Waals surface area contributed by atoms with Crippen LogP contribution in [-0.2, 0) is 11.3 Å². The summed E-state index contributed by atoms with van der Waals surface area (Å²) < 4.78 is 10.7. The minimum Gasteiger partial charge on any atom is -0.445 e. The maximum atomic E-state index is 12.2. The second-order valence-corrected chi connectivity index (χ2v) is 5.21. The first-order chi connectivity index (χ1) is 11.7. The molecular weight excluding hydrogens is 306 g/mol. The molecular formula is C18H17N3O3. The van der Waals surface area contributed by atoms with Crippen molar-refractivity contribution >= 4 is 6.09 Å². The number of hydrogen-bond acceptors (Lipinski definition) is 5. The van der Waals surface area contributed by atoms with Gasteiger partial charge in [-0.15, -0.1) is 10.2 Å². The summed E-state index contributed by atoms with van der Waals surface area (Å²) in [5.41, 5.74) is 1.75. The van der Waals surface area contributed by atoms with Gasteiger partial charge in [-0.3, -0.25) is 0 Å². The zero-order chi connectivity index (χ0) is 16.8. The van der Waals surface area contributed by atoms with Crippen LogP contribution in [0.2, 0.25) is 0 Å². The van der Waals surface area contributed by atoms with Crippen molar-refractivity contribution in [1.29, 1.82) is 0 Å². The smallest absolute Gasteiger partial charge is 0.408 e. The van der Waals surface area contributed by atoms with Gasteiger partial charge in [0, 0.05) is 6.92 Å². The van der Waals surface area contributed by atoms with Crippen LogP contribution in [0.3, 0.4) is 0 Å². The van der Waals surface area contributed by atoms with Gasteiger partial charge >= 0.3 is 6.09 Å². The predicted octanol–water partition coefficient (Wildman–Crippen LogP) is 3.39. The third-order valence-corrected chi connectivity index (χ3v) is 3.40. The zero-order valence-electron chi connectivity index (χ0n) is 13.2. The van der Waals surface area contributed by atoms with Gasteiger partial charge in [0.05, 0.1) is 0 Å². The minimum atomic E-state index is -0.560. The van der Waals surface area contributed by atoms with Gasteiger partial charge in [0.2, 0.25) is 11.8 Å². The number of alkyl carbamates (subject to hydrolysis) is 1. The number of carbonyl (C=O) groups is 1. The lowest BCUT2D eigenvalue weighted by atomic mass is 10.1. The number of aryl methyl sites for hydroxylation is 1. The van der Waals surface area contributed by atoms with Gasteiger partial charge < -0.3 is 14.5 Å². The average Bonchev–Trinajstić information content (AvgIpc) is 3.05. The van der Waals surface area contributed by atoms with Gasteiger partial charge in [-0.05, 0) is 11.1 Å². The molecule has 0 spiro atoms. The lowest BCUT2D eigenvalue weighted by Gasteiger charge is -2.15. The molecule has 1 aromatic heterocycles. The number of benzene rings is 2. The van der Waals surface area contributed by atoms with Crippen molar-refractivity contribution in [3.05, 3.63) is 83.6 Å². The molecule has 1 unspecified atom stereocenters. The molecule has 24 heavy (non-hydrogen) atoms. The van der Waals surface area contributed by atoms with Crippen molar-refractivity contribution in [2.75, 3.05) is 0 Å². The number of ether oxygens (including phenoxy) is 1. The van der Waals surface area contributed by atoms with Crippen LogP contribution in [0.1, 0.15) is 29.0 Å². The normalized spacial score (nSPS) is 11.7. The third-order valence-electron chi connectivity index (χ3n) is 3.40. The van der Waals surface area contributed by atoms with Crippen molar-refractivity contribution in [2.45, 2.75) is 19.6 Å². The third kappa shape index (κ3) is 3.98. The highest BCUT2D eigenvalue weighted by atomic mass is 16.5. The fraction of sp³-hybridized carbons (Fsp3) is 0.167. The Morgan fingerprint density at radius 1 is 1.08 bits per heavy atom. The van der Waals surface area contributed by atoms with Crippen LogP contribution in [0, 0.1) is 6.92 Å². The van der Waals surface area contributed by atoms with E-state index in [1.54, 1.807) is 6.92 Å². The van der Waals surface area contributed by atoms with Crippen molar-refractivity contribution in [3.8, 4) is 0 Å². The Morgan fingerprint density at radius 3 is 2.38 bits per heavy atom. The van der Waals surface area contributed by atoms with Crippen LogP contribution in [0.4, 0.5) is 4.79 Å². The van der Waals surface area contributed by atoms with Crippen LogP contribution in [0.15, 0.2) is 65.1 Å². The lowest BCUT2D eigenvalue weighted by Crippen LogP contribution is -2.30. The second-order valence-electron chi connectivity index (χ2n) is 5.21. The molecule has 3 aromatic rings. The number of hydrogen-bond donors (Lipinski definition) is 1. The van der Waals surface area contributed by atoms with Crippen LogP contribution in [-0.4, -0.2) is 16.3 Å². The molecule has 6 nitrogen and oxygen atoms in total. The van der Waals surface area contributed by atoms with E-state index in [9.17, 15) is 4.79 Å². The Balaban J connectivity index is 1.71. The molecule has 0 fully saturated rings. The maximum Gasteiger partial charge on any atom is 0.408 e. The second kappa shape index (κ2) is 7.41. The molecule has 1 amide bonds. The van der Waals surface area contributed by atoms with Crippen molar-refractivity contribution in [3.63, 3.8) is 0 Å². The van der Waals surface area contributed by atoms with Gasteiger partial charge in [0.25, 0.3) is 0 Å². The molecule has 6 heteroatoms. The molecule has 0 aliphatic rings. The van der Waals surface area contributed by atoms with Crippen molar-refractivity contribution in [2.24, 2.45) is 0 Å². The summed E-state index contributed by atoms with van der Waals surface area (Å²) in [5, 5.41) is 10.6. The summed E-state index contributed by atoms with van der Waals surface area (Å²) in [6.07, 6.45) is -0.552. The Labute approximate surface area is 139 Å². The highest BCUT2D eigenvalue weighted by Gasteiger charge is 2.23. The molecule has 3 rings (SSSR count). The summed E-state index contributed by atoms with van der Waals surface area (Å²) in [5.74, 6) is 0.751. The van der Waals surface area contributed by atoms with Gasteiger partial charge in [-0.25, -0.2) is 4.79 Å². The summed E-state index contributed by atoms with van der Waals surface area (Å²) >= 11 is 0. The number of amides is 1. The first kappa shape index (κ1) is 15.7. The molecule has 1 atom stereocenters. The van der Waals surface area contributed by atoms with Crippen LogP contribution in [0.25, 0.3) is 0 Å². The van der Waals surface area contributed by atoms with Gasteiger partial charge in [0.1, 0.15) is 12.6 Å². The van der Waals surface area contributed by atoms with E-state index in [0.717, 1.165) is 11.1 Å². The molecule has 0 radical (unpaired) electrons. The molecule has 122 valence electrons. The summed E-state index contributed by atoms with van der Waals surface area (Å²) in [6, 6.07) is 18.3. The standard InChI is InChI=1S/C18H17N3O3/c1-13-20-21-17(24-13)16(15-10-6-3-7-11-15)19-18(22)23-12-14-8-4-2-5-9-14/h2-11,16H,12H2,1H3,(H,19,22). The van der Waals surface area contributed by atoms with E-state index in [1.807, 2.05) is 60.7 Å². The van der Waals surface area contributed by atoms with Gasteiger partial charge in [0.15, 0.2) is 0 Å². The predicted molar refractivity (Wildman–Crippen MR) is 87.1 cm³/mol. The average molecular weight is 323 g/mol. The van der Waals surface area contributed by atoms with E-state index in [1.165, 1.54) is 0 Å². The van der Waals surface area contributed by atoms with Gasteiger partial charge in [-0.2, -0.15) is 0 Å². The molecule has 0 aliphatic carbocycles. The Bertz CT molecular complexity index is 788. The molecule has 0 saturated carbocycles. The van der Waals surface area contributed by atoms with E-state index >= 15 is 0 Å². The van der Waals surface area contributed by atoms with E-state index in [-0.39, 0.29) is 6.61 Å². The van der Waals surface area contributed by atoms with Crippen LogP contribution < -0.4 is 5.32 Å². The molecule has 1 N–H and O–H groups in total. The molecule has 0 aliphatic heterocycles. The van der Waals surface area contributed by atoms with E-state index in [4.69, 9.17) is 9.15 Å². The minimum absolute atomic E-state index is 0.192. The van der Waals surface area contributed by atoms with E-state index in [0.29, 0.717) is 11.8 Å². The summed E-state index contributed by atoms with van der Waals surface area (Å²) in [6.45, 7) is 1.89. The molecule has 0 saturated heterocycles. The maximum absolute atomic E-state index is 12.2. The zero-order valence-corrected chi connectivity index (χ0v) is 13.2. The van der Waals surface area contributed by atoms with Crippen molar-refractivity contribution in [1.82, 2.24) is 15.5 Å². The number of nitrogens with one attached hydrogen (secondary N) is 1. The Kier molecular flexibility index (Phi) is 4.86. The Hall–Kier alpha value is -3.15. The summed E-state index contributed by atoms with van der Waals surface area (Å²) in [4.78, 5) is 12.2. The molecule has 1 heterocycles. The van der Waals surface area contributed by atoms with Gasteiger partial charge in [-0.1, -0.05) is 60.7 Å². The number of aromatic nitrogens is 2.